The predicted molar refractivity (Wildman–Crippen MR) is 88.6 cm³/mol. The number of nitrogens with one attached hydrogen (secondary N) is 2. The number of halogens is 1. The van der Waals surface area contributed by atoms with Crippen molar-refractivity contribution in [2.75, 3.05) is 10.6 Å². The second-order valence-corrected chi connectivity index (χ2v) is 5.67. The molecule has 0 saturated carbocycles. The van der Waals surface area contributed by atoms with Gasteiger partial charge in [0.15, 0.2) is 0 Å². The standard InChI is InChI=1S/C16H17BrN2O2/c1-10-6-7-13(8-15(10)19-11(2)20)18-9-12-4-3-5-14(17)16(12)21/h3-8,18,21H,9H2,1-2H3,(H,19,20). The molecule has 0 unspecified atom stereocenters. The minimum atomic E-state index is -0.0973. The van der Waals surface area contributed by atoms with Gasteiger partial charge in [-0.2, -0.15) is 0 Å². The van der Waals surface area contributed by atoms with Gasteiger partial charge < -0.3 is 15.7 Å². The van der Waals surface area contributed by atoms with Crippen LogP contribution in [0.1, 0.15) is 18.1 Å². The lowest BCUT2D eigenvalue weighted by Gasteiger charge is -2.12. The third kappa shape index (κ3) is 3.98. The largest absolute Gasteiger partial charge is 0.506 e. The summed E-state index contributed by atoms with van der Waals surface area (Å²) in [6, 6.07) is 11.3. The SMILES string of the molecule is CC(=O)Nc1cc(NCc2cccc(Br)c2O)ccc1C. The number of hydrogen-bond donors (Lipinski definition) is 3. The number of hydrogen-bond acceptors (Lipinski definition) is 3. The lowest BCUT2D eigenvalue weighted by Crippen LogP contribution is -2.08. The Morgan fingerprint density at radius 3 is 2.76 bits per heavy atom. The first kappa shape index (κ1) is 15.4. The van der Waals surface area contributed by atoms with Crippen LogP contribution in [0.4, 0.5) is 11.4 Å². The number of para-hydroxylation sites is 1. The number of carbonyl (C=O) groups excluding carboxylic acids is 1. The van der Waals surface area contributed by atoms with E-state index in [4.69, 9.17) is 0 Å². The van der Waals surface area contributed by atoms with Crippen LogP contribution in [0.2, 0.25) is 0 Å². The summed E-state index contributed by atoms with van der Waals surface area (Å²) in [5.41, 5.74) is 3.46. The van der Waals surface area contributed by atoms with Gasteiger partial charge >= 0.3 is 0 Å². The fourth-order valence-electron chi connectivity index (χ4n) is 1.96. The molecular formula is C16H17BrN2O2. The third-order valence-corrected chi connectivity index (χ3v) is 3.74. The average molecular weight is 349 g/mol. The van der Waals surface area contributed by atoms with Crippen molar-refractivity contribution < 1.29 is 9.90 Å². The van der Waals surface area contributed by atoms with Gasteiger partial charge in [-0.05, 0) is 46.6 Å². The van der Waals surface area contributed by atoms with Crippen LogP contribution in [-0.4, -0.2) is 11.0 Å². The second kappa shape index (κ2) is 6.63. The summed E-state index contributed by atoms with van der Waals surface area (Å²) < 4.78 is 0.671. The molecule has 2 aromatic rings. The molecule has 110 valence electrons. The van der Waals surface area contributed by atoms with Gasteiger partial charge in [-0.3, -0.25) is 4.79 Å². The van der Waals surface area contributed by atoms with Crippen molar-refractivity contribution in [1.29, 1.82) is 0 Å². The molecule has 3 N–H and O–H groups in total. The van der Waals surface area contributed by atoms with Crippen molar-refractivity contribution >= 4 is 33.2 Å². The van der Waals surface area contributed by atoms with Crippen molar-refractivity contribution in [3.8, 4) is 5.75 Å². The van der Waals surface area contributed by atoms with Gasteiger partial charge in [0, 0.05) is 30.4 Å². The summed E-state index contributed by atoms with van der Waals surface area (Å²) in [4.78, 5) is 11.2. The first-order chi connectivity index (χ1) is 9.97. The maximum atomic E-state index is 11.2. The first-order valence-electron chi connectivity index (χ1n) is 6.56. The van der Waals surface area contributed by atoms with Crippen LogP contribution in [0.15, 0.2) is 40.9 Å². The first-order valence-corrected chi connectivity index (χ1v) is 7.35. The van der Waals surface area contributed by atoms with E-state index in [1.807, 2.05) is 37.3 Å². The number of benzene rings is 2. The minimum absolute atomic E-state index is 0.0973. The summed E-state index contributed by atoms with van der Waals surface area (Å²) in [7, 11) is 0. The van der Waals surface area contributed by atoms with E-state index in [0.29, 0.717) is 11.0 Å². The fourth-order valence-corrected chi connectivity index (χ4v) is 2.36. The van der Waals surface area contributed by atoms with Crippen molar-refractivity contribution in [2.24, 2.45) is 0 Å². The fraction of sp³-hybridized carbons (Fsp3) is 0.188. The molecule has 0 saturated heterocycles. The monoisotopic (exact) mass is 348 g/mol. The molecule has 21 heavy (non-hydrogen) atoms. The lowest BCUT2D eigenvalue weighted by molar-refractivity contribution is -0.114. The highest BCUT2D eigenvalue weighted by molar-refractivity contribution is 9.10. The minimum Gasteiger partial charge on any atom is -0.506 e. The van der Waals surface area contributed by atoms with Gasteiger partial charge in [-0.15, -0.1) is 0 Å². The quantitative estimate of drug-likeness (QED) is 0.781. The second-order valence-electron chi connectivity index (χ2n) is 4.81. The van der Waals surface area contributed by atoms with Gasteiger partial charge in [0.2, 0.25) is 5.91 Å². The molecule has 5 heteroatoms. The highest BCUT2D eigenvalue weighted by Crippen LogP contribution is 2.28. The average Bonchev–Trinajstić information content (AvgIpc) is 2.43. The number of phenols is 1. The van der Waals surface area contributed by atoms with E-state index in [1.54, 1.807) is 6.07 Å². The Morgan fingerprint density at radius 1 is 1.29 bits per heavy atom. The van der Waals surface area contributed by atoms with Gasteiger partial charge in [0.05, 0.1) is 4.47 Å². The smallest absolute Gasteiger partial charge is 0.221 e. The Labute approximate surface area is 132 Å². The van der Waals surface area contributed by atoms with Crippen LogP contribution < -0.4 is 10.6 Å². The molecule has 0 aromatic heterocycles. The van der Waals surface area contributed by atoms with Crippen molar-refractivity contribution in [3.05, 3.63) is 52.0 Å². The summed E-state index contributed by atoms with van der Waals surface area (Å²) in [5, 5.41) is 16.0. The Morgan fingerprint density at radius 2 is 2.05 bits per heavy atom. The number of carbonyl (C=O) groups is 1. The van der Waals surface area contributed by atoms with E-state index in [2.05, 4.69) is 26.6 Å². The lowest BCUT2D eigenvalue weighted by atomic mass is 10.1. The molecule has 0 spiro atoms. The van der Waals surface area contributed by atoms with Crippen LogP contribution in [0, 0.1) is 6.92 Å². The van der Waals surface area contributed by atoms with Gasteiger partial charge in [-0.1, -0.05) is 18.2 Å². The van der Waals surface area contributed by atoms with Crippen molar-refractivity contribution in [1.82, 2.24) is 0 Å². The molecule has 0 heterocycles. The predicted octanol–water partition coefficient (Wildman–Crippen LogP) is 4.03. The highest BCUT2D eigenvalue weighted by Gasteiger charge is 2.06. The van der Waals surface area contributed by atoms with Crippen LogP contribution in [-0.2, 0) is 11.3 Å². The van der Waals surface area contributed by atoms with E-state index in [-0.39, 0.29) is 11.7 Å². The number of rotatable bonds is 4. The molecule has 0 atom stereocenters. The molecule has 0 radical (unpaired) electrons. The zero-order valence-corrected chi connectivity index (χ0v) is 13.5. The van der Waals surface area contributed by atoms with Crippen molar-refractivity contribution in [3.63, 3.8) is 0 Å². The maximum Gasteiger partial charge on any atom is 0.221 e. The summed E-state index contributed by atoms with van der Waals surface area (Å²) in [6.45, 7) is 3.92. The Hall–Kier alpha value is -2.01. The number of anilines is 2. The van der Waals surface area contributed by atoms with Gasteiger partial charge in [-0.25, -0.2) is 0 Å². The molecule has 2 rings (SSSR count). The maximum absolute atomic E-state index is 11.2. The zero-order valence-electron chi connectivity index (χ0n) is 11.9. The Kier molecular flexibility index (Phi) is 4.85. The summed E-state index contributed by atoms with van der Waals surface area (Å²) in [6.07, 6.45) is 0. The van der Waals surface area contributed by atoms with Gasteiger partial charge in [0.1, 0.15) is 5.75 Å². The molecule has 4 nitrogen and oxygen atoms in total. The third-order valence-electron chi connectivity index (χ3n) is 3.10. The number of phenolic OH excluding ortho intramolecular Hbond substituents is 1. The van der Waals surface area contributed by atoms with Gasteiger partial charge in [0.25, 0.3) is 0 Å². The van der Waals surface area contributed by atoms with Crippen LogP contribution in [0.25, 0.3) is 0 Å². The van der Waals surface area contributed by atoms with E-state index >= 15 is 0 Å². The normalized spacial score (nSPS) is 10.2. The van der Waals surface area contributed by atoms with Crippen LogP contribution in [0.5, 0.6) is 5.75 Å². The summed E-state index contributed by atoms with van der Waals surface area (Å²) in [5.74, 6) is 0.138. The highest BCUT2D eigenvalue weighted by atomic mass is 79.9. The van der Waals surface area contributed by atoms with Crippen molar-refractivity contribution in [2.45, 2.75) is 20.4 Å². The Bertz CT molecular complexity index is 671. The molecule has 0 aliphatic heterocycles. The molecule has 0 aliphatic rings. The molecule has 0 fully saturated rings. The molecule has 0 aliphatic carbocycles. The van der Waals surface area contributed by atoms with Crippen LogP contribution >= 0.6 is 15.9 Å². The molecule has 1 amide bonds. The van der Waals surface area contributed by atoms with E-state index < -0.39 is 0 Å². The molecule has 2 aromatic carbocycles. The topological polar surface area (TPSA) is 61.4 Å². The molecular weight excluding hydrogens is 332 g/mol. The van der Waals surface area contributed by atoms with Crippen LogP contribution in [0.3, 0.4) is 0 Å². The number of amides is 1. The van der Waals surface area contributed by atoms with E-state index in [0.717, 1.165) is 22.5 Å². The summed E-state index contributed by atoms with van der Waals surface area (Å²) >= 11 is 3.30. The van der Waals surface area contributed by atoms with E-state index in [9.17, 15) is 9.90 Å². The molecule has 0 bridgehead atoms. The number of aryl methyl sites for hydroxylation is 1. The Balaban J connectivity index is 2.13. The number of aromatic hydroxyl groups is 1. The van der Waals surface area contributed by atoms with E-state index in [1.165, 1.54) is 6.92 Å². The zero-order chi connectivity index (χ0) is 15.4.